The summed E-state index contributed by atoms with van der Waals surface area (Å²) in [6.07, 6.45) is 0. The molecule has 5 nitrogen and oxygen atoms in total. The molecule has 8 heteroatoms. The Morgan fingerprint density at radius 3 is 2.50 bits per heavy atom. The van der Waals surface area contributed by atoms with E-state index in [0.29, 0.717) is 42.8 Å². The number of nitrogens with zero attached hydrogens (tertiary/aromatic N) is 1. The summed E-state index contributed by atoms with van der Waals surface area (Å²) >= 11 is 13.6. The Bertz CT molecular complexity index is 1380. The van der Waals surface area contributed by atoms with Crippen LogP contribution in [0.4, 0.5) is 5.00 Å². The van der Waals surface area contributed by atoms with Gasteiger partial charge in [-0.15, -0.1) is 11.3 Å². The zero-order valence-corrected chi connectivity index (χ0v) is 19.8. The Hall–Kier alpha value is -2.93. The Morgan fingerprint density at radius 1 is 1.03 bits per heavy atom. The zero-order valence-electron chi connectivity index (χ0n) is 17.5. The molecule has 0 unspecified atom stereocenters. The number of carbonyl (C=O) groups excluding carboxylic acids is 2. The minimum atomic E-state index is -0.488. The van der Waals surface area contributed by atoms with Gasteiger partial charge in [0.05, 0.1) is 39.5 Å². The molecular formula is C24H18Cl2N2O3S. The number of nitrogens with one attached hydrogen (secondary N) is 1. The van der Waals surface area contributed by atoms with E-state index < -0.39 is 5.97 Å². The Balaban J connectivity index is 1.82. The molecule has 0 radical (unpaired) electrons. The quantitative estimate of drug-likeness (QED) is 0.319. The van der Waals surface area contributed by atoms with Crippen LogP contribution in [0.15, 0.2) is 48.5 Å². The van der Waals surface area contributed by atoms with E-state index in [1.165, 1.54) is 18.4 Å². The normalized spacial score (nSPS) is 10.9. The van der Waals surface area contributed by atoms with Gasteiger partial charge in [-0.3, -0.25) is 4.79 Å². The third-order valence-electron chi connectivity index (χ3n) is 5.18. The van der Waals surface area contributed by atoms with Gasteiger partial charge in [0.1, 0.15) is 5.00 Å². The first-order valence-corrected chi connectivity index (χ1v) is 11.2. The minimum Gasteiger partial charge on any atom is -0.465 e. The number of hydrogen-bond donors (Lipinski definition) is 1. The molecule has 1 N–H and O–H groups in total. The molecule has 0 aliphatic heterocycles. The van der Waals surface area contributed by atoms with Crippen molar-refractivity contribution in [1.82, 2.24) is 4.98 Å². The summed E-state index contributed by atoms with van der Waals surface area (Å²) < 4.78 is 4.91. The fourth-order valence-electron chi connectivity index (χ4n) is 3.40. The number of thiophene rings is 1. The molecule has 2 heterocycles. The third-order valence-corrected chi connectivity index (χ3v) is 7.04. The number of benzene rings is 2. The molecule has 0 fully saturated rings. The molecule has 0 bridgehead atoms. The molecule has 0 saturated heterocycles. The number of carbonyl (C=O) groups is 2. The van der Waals surface area contributed by atoms with E-state index in [-0.39, 0.29) is 5.91 Å². The number of ether oxygens (including phenoxy) is 1. The van der Waals surface area contributed by atoms with E-state index in [2.05, 4.69) is 5.32 Å². The van der Waals surface area contributed by atoms with Crippen LogP contribution in [-0.2, 0) is 4.74 Å². The summed E-state index contributed by atoms with van der Waals surface area (Å²) in [4.78, 5) is 31.3. The molecule has 162 valence electrons. The van der Waals surface area contributed by atoms with Crippen LogP contribution < -0.4 is 5.32 Å². The van der Waals surface area contributed by atoms with Crippen LogP contribution in [0.3, 0.4) is 0 Å². The van der Waals surface area contributed by atoms with Gasteiger partial charge in [-0.25, -0.2) is 9.78 Å². The fourth-order valence-corrected chi connectivity index (χ4v) is 4.74. The third kappa shape index (κ3) is 4.09. The highest BCUT2D eigenvalue weighted by molar-refractivity contribution is 7.16. The van der Waals surface area contributed by atoms with Gasteiger partial charge in [0.2, 0.25) is 0 Å². The first-order valence-electron chi connectivity index (χ1n) is 9.65. The maximum atomic E-state index is 13.4. The first kappa shape index (κ1) is 22.3. The van der Waals surface area contributed by atoms with Crippen molar-refractivity contribution >= 4 is 62.3 Å². The molecule has 32 heavy (non-hydrogen) atoms. The summed E-state index contributed by atoms with van der Waals surface area (Å²) in [5.41, 5.74) is 3.56. The topological polar surface area (TPSA) is 68.3 Å². The van der Waals surface area contributed by atoms with Gasteiger partial charge in [0.25, 0.3) is 5.91 Å². The van der Waals surface area contributed by atoms with E-state index in [1.807, 2.05) is 38.1 Å². The SMILES string of the molecule is COC(=O)c1c(NC(=O)c2cc(-c3ccc(Cl)c(Cl)c3)nc3ccccc23)sc(C)c1C. The molecule has 0 spiro atoms. The van der Waals surface area contributed by atoms with Crippen molar-refractivity contribution in [2.24, 2.45) is 0 Å². The van der Waals surface area contributed by atoms with Crippen molar-refractivity contribution in [3.8, 4) is 11.3 Å². The van der Waals surface area contributed by atoms with Gasteiger partial charge in [-0.2, -0.15) is 0 Å². The Labute approximate surface area is 199 Å². The van der Waals surface area contributed by atoms with Crippen LogP contribution in [0.1, 0.15) is 31.2 Å². The number of pyridine rings is 1. The summed E-state index contributed by atoms with van der Waals surface area (Å²) in [5, 5.41) is 4.88. The molecule has 1 amide bonds. The Morgan fingerprint density at radius 2 is 1.78 bits per heavy atom. The van der Waals surface area contributed by atoms with Crippen LogP contribution in [0.2, 0.25) is 10.0 Å². The van der Waals surface area contributed by atoms with Crippen molar-refractivity contribution in [1.29, 1.82) is 0 Å². The maximum Gasteiger partial charge on any atom is 0.341 e. The molecule has 4 rings (SSSR count). The number of halogens is 2. The first-order chi connectivity index (χ1) is 15.3. The van der Waals surface area contributed by atoms with E-state index in [4.69, 9.17) is 32.9 Å². The van der Waals surface area contributed by atoms with Crippen LogP contribution in [0.25, 0.3) is 22.2 Å². The number of para-hydroxylation sites is 1. The van der Waals surface area contributed by atoms with Gasteiger partial charge >= 0.3 is 5.97 Å². The number of methoxy groups -OCH3 is 1. The predicted molar refractivity (Wildman–Crippen MR) is 130 cm³/mol. The second-order valence-corrected chi connectivity index (χ2v) is 9.17. The number of fused-ring (bicyclic) bond motifs is 1. The summed E-state index contributed by atoms with van der Waals surface area (Å²) in [6, 6.07) is 14.3. The van der Waals surface area contributed by atoms with Crippen molar-refractivity contribution in [3.05, 3.63) is 80.1 Å². The number of aromatic nitrogens is 1. The fraction of sp³-hybridized carbons (Fsp3) is 0.125. The highest BCUT2D eigenvalue weighted by Gasteiger charge is 2.23. The molecular weight excluding hydrogens is 467 g/mol. The smallest absolute Gasteiger partial charge is 0.341 e. The molecule has 0 aliphatic rings. The van der Waals surface area contributed by atoms with E-state index in [0.717, 1.165) is 16.0 Å². The highest BCUT2D eigenvalue weighted by Crippen LogP contribution is 2.34. The second-order valence-electron chi connectivity index (χ2n) is 7.13. The van der Waals surface area contributed by atoms with Crippen LogP contribution in [0.5, 0.6) is 0 Å². The molecule has 4 aromatic rings. The van der Waals surface area contributed by atoms with Crippen molar-refractivity contribution < 1.29 is 14.3 Å². The standard InChI is InChI=1S/C24H18Cl2N2O3S/c1-12-13(2)32-23(21(12)24(30)31-3)28-22(29)16-11-20(14-8-9-17(25)18(26)10-14)27-19-7-5-4-6-15(16)19/h4-11H,1-3H3,(H,28,29). The predicted octanol–water partition coefficient (Wildman–Crippen LogP) is 6.93. The van der Waals surface area contributed by atoms with Gasteiger partial charge in [-0.1, -0.05) is 47.5 Å². The van der Waals surface area contributed by atoms with E-state index in [9.17, 15) is 9.59 Å². The molecule has 2 aromatic carbocycles. The average Bonchev–Trinajstić information content (AvgIpc) is 3.07. The van der Waals surface area contributed by atoms with Crippen LogP contribution in [-0.4, -0.2) is 24.0 Å². The van der Waals surface area contributed by atoms with Crippen molar-refractivity contribution in [2.45, 2.75) is 13.8 Å². The molecule has 0 saturated carbocycles. The average molecular weight is 485 g/mol. The molecule has 0 atom stereocenters. The lowest BCUT2D eigenvalue weighted by molar-refractivity contribution is 0.0601. The second kappa shape index (κ2) is 8.90. The van der Waals surface area contributed by atoms with Gasteiger partial charge in [0.15, 0.2) is 0 Å². The number of rotatable bonds is 4. The van der Waals surface area contributed by atoms with Gasteiger partial charge in [-0.05, 0) is 43.7 Å². The Kier molecular flexibility index (Phi) is 6.20. The monoisotopic (exact) mass is 484 g/mol. The highest BCUT2D eigenvalue weighted by atomic mass is 35.5. The molecule has 2 aromatic heterocycles. The lowest BCUT2D eigenvalue weighted by Crippen LogP contribution is -2.15. The number of anilines is 1. The summed E-state index contributed by atoms with van der Waals surface area (Å²) in [5.74, 6) is -0.838. The number of esters is 1. The largest absolute Gasteiger partial charge is 0.465 e. The number of amides is 1. The van der Waals surface area contributed by atoms with E-state index >= 15 is 0 Å². The lowest BCUT2D eigenvalue weighted by Gasteiger charge is -2.11. The minimum absolute atomic E-state index is 0.351. The van der Waals surface area contributed by atoms with Gasteiger partial charge in [0, 0.05) is 15.8 Å². The van der Waals surface area contributed by atoms with Crippen LogP contribution in [0, 0.1) is 13.8 Å². The summed E-state index contributed by atoms with van der Waals surface area (Å²) in [6.45, 7) is 3.73. The number of aryl methyl sites for hydroxylation is 1. The maximum absolute atomic E-state index is 13.4. The van der Waals surface area contributed by atoms with Gasteiger partial charge < -0.3 is 10.1 Å². The van der Waals surface area contributed by atoms with Crippen molar-refractivity contribution in [3.63, 3.8) is 0 Å². The number of hydrogen-bond acceptors (Lipinski definition) is 5. The van der Waals surface area contributed by atoms with E-state index in [1.54, 1.807) is 24.3 Å². The zero-order chi connectivity index (χ0) is 23.0. The molecule has 0 aliphatic carbocycles. The lowest BCUT2D eigenvalue weighted by atomic mass is 10.0. The van der Waals surface area contributed by atoms with Crippen molar-refractivity contribution in [2.75, 3.05) is 12.4 Å². The van der Waals surface area contributed by atoms with Crippen LogP contribution >= 0.6 is 34.5 Å². The summed E-state index contributed by atoms with van der Waals surface area (Å²) in [7, 11) is 1.32.